The molecule has 98 valence electrons. The van der Waals surface area contributed by atoms with Crippen molar-refractivity contribution in [3.8, 4) is 0 Å². The number of aromatic nitrogens is 1. The summed E-state index contributed by atoms with van der Waals surface area (Å²) in [4.78, 5) is 15.5. The van der Waals surface area contributed by atoms with E-state index < -0.39 is 0 Å². The van der Waals surface area contributed by atoms with Crippen LogP contribution in [0.2, 0.25) is 5.15 Å². The number of nitrogen functional groups attached to an aromatic ring is 1. The highest BCUT2D eigenvalue weighted by Crippen LogP contribution is 2.14. The van der Waals surface area contributed by atoms with E-state index in [1.54, 1.807) is 6.08 Å². The van der Waals surface area contributed by atoms with Crippen LogP contribution in [-0.4, -0.2) is 30.6 Å². The van der Waals surface area contributed by atoms with Gasteiger partial charge in [-0.2, -0.15) is 0 Å². The fourth-order valence-electron chi connectivity index (χ4n) is 1.22. The number of rotatable bonds is 7. The molecule has 0 aromatic carbocycles. The molecular formula is C12H16ClN3O2. The van der Waals surface area contributed by atoms with E-state index in [1.807, 2.05) is 0 Å². The first-order valence-corrected chi connectivity index (χ1v) is 5.90. The zero-order valence-corrected chi connectivity index (χ0v) is 10.7. The van der Waals surface area contributed by atoms with Crippen LogP contribution in [0.5, 0.6) is 0 Å². The molecule has 0 aliphatic rings. The molecule has 0 aliphatic carbocycles. The lowest BCUT2D eigenvalue weighted by atomic mass is 10.2. The van der Waals surface area contributed by atoms with E-state index in [1.165, 1.54) is 12.3 Å². The van der Waals surface area contributed by atoms with Gasteiger partial charge in [-0.05, 0) is 12.5 Å². The van der Waals surface area contributed by atoms with Crippen molar-refractivity contribution >= 4 is 23.2 Å². The highest BCUT2D eigenvalue weighted by atomic mass is 35.5. The molecule has 0 saturated carbocycles. The summed E-state index contributed by atoms with van der Waals surface area (Å²) >= 11 is 5.80. The Hall–Kier alpha value is -1.59. The maximum Gasteiger partial charge on any atom is 0.254 e. The largest absolute Gasteiger partial charge is 0.397 e. The second-order valence-electron chi connectivity index (χ2n) is 3.55. The molecule has 0 radical (unpaired) electrons. The number of hydrogen-bond acceptors (Lipinski definition) is 4. The predicted octanol–water partition coefficient (Wildman–Crippen LogP) is 1.64. The Morgan fingerprint density at radius 3 is 3.11 bits per heavy atom. The first-order chi connectivity index (χ1) is 8.65. The van der Waals surface area contributed by atoms with Gasteiger partial charge in [-0.1, -0.05) is 17.7 Å². The number of anilines is 1. The molecule has 5 nitrogen and oxygen atoms in total. The number of nitrogens with one attached hydrogen (secondary N) is 1. The number of halogens is 1. The maximum atomic E-state index is 11.7. The van der Waals surface area contributed by atoms with E-state index in [0.29, 0.717) is 25.4 Å². The summed E-state index contributed by atoms with van der Waals surface area (Å²) in [5.74, 6) is -0.313. The quantitative estimate of drug-likeness (QED) is 0.448. The molecule has 1 amide bonds. The third-order valence-electron chi connectivity index (χ3n) is 2.10. The highest BCUT2D eigenvalue weighted by Gasteiger charge is 2.11. The van der Waals surface area contributed by atoms with E-state index in [-0.39, 0.29) is 16.6 Å². The maximum absolute atomic E-state index is 11.7. The molecule has 1 aromatic heterocycles. The average Bonchev–Trinajstić information content (AvgIpc) is 2.36. The van der Waals surface area contributed by atoms with E-state index in [2.05, 4.69) is 16.9 Å². The summed E-state index contributed by atoms with van der Waals surface area (Å²) in [6.45, 7) is 5.02. The monoisotopic (exact) mass is 269 g/mol. The van der Waals surface area contributed by atoms with E-state index in [4.69, 9.17) is 22.1 Å². The Balaban J connectivity index is 2.36. The van der Waals surface area contributed by atoms with Crippen LogP contribution in [0.4, 0.5) is 5.69 Å². The van der Waals surface area contributed by atoms with Crippen LogP contribution in [0.15, 0.2) is 24.9 Å². The normalized spacial score (nSPS) is 10.1. The topological polar surface area (TPSA) is 77.2 Å². The lowest BCUT2D eigenvalue weighted by molar-refractivity contribution is 0.0918. The van der Waals surface area contributed by atoms with Gasteiger partial charge in [-0.15, -0.1) is 6.58 Å². The molecule has 6 heteroatoms. The van der Waals surface area contributed by atoms with Gasteiger partial charge in [0.05, 0.1) is 30.7 Å². The molecule has 3 N–H and O–H groups in total. The van der Waals surface area contributed by atoms with Crippen LogP contribution < -0.4 is 11.1 Å². The van der Waals surface area contributed by atoms with Crippen LogP contribution >= 0.6 is 11.6 Å². The number of amides is 1. The predicted molar refractivity (Wildman–Crippen MR) is 71.6 cm³/mol. The van der Waals surface area contributed by atoms with Crippen LogP contribution in [0, 0.1) is 0 Å². The third kappa shape index (κ3) is 4.73. The van der Waals surface area contributed by atoms with E-state index in [0.717, 1.165) is 6.42 Å². The zero-order chi connectivity index (χ0) is 13.4. The summed E-state index contributed by atoms with van der Waals surface area (Å²) in [5, 5.41) is 2.81. The standard InChI is InChI=1S/C12H16ClN3O2/c1-2-3-5-18-6-4-15-12(17)10-7-9(14)8-16-11(10)13/h2,7-8H,1,3-6,14H2,(H,15,17). The number of carbonyl (C=O) groups is 1. The molecule has 0 unspecified atom stereocenters. The molecule has 0 bridgehead atoms. The molecule has 1 heterocycles. The summed E-state index contributed by atoms with van der Waals surface area (Å²) in [5.41, 5.74) is 6.20. The van der Waals surface area contributed by atoms with Crippen molar-refractivity contribution in [1.82, 2.24) is 10.3 Å². The lowest BCUT2D eigenvalue weighted by Crippen LogP contribution is -2.27. The minimum Gasteiger partial charge on any atom is -0.397 e. The van der Waals surface area contributed by atoms with Gasteiger partial charge in [0.1, 0.15) is 5.15 Å². The summed E-state index contributed by atoms with van der Waals surface area (Å²) in [7, 11) is 0. The first-order valence-electron chi connectivity index (χ1n) is 5.53. The Morgan fingerprint density at radius 1 is 1.61 bits per heavy atom. The number of pyridine rings is 1. The van der Waals surface area contributed by atoms with Gasteiger partial charge < -0.3 is 15.8 Å². The highest BCUT2D eigenvalue weighted by molar-refractivity contribution is 6.32. The molecule has 0 saturated heterocycles. The SMILES string of the molecule is C=CCCOCCNC(=O)c1cc(N)cnc1Cl. The molecule has 0 atom stereocenters. The van der Waals surface area contributed by atoms with Crippen LogP contribution in [-0.2, 0) is 4.74 Å². The molecule has 1 aromatic rings. The van der Waals surface area contributed by atoms with Gasteiger partial charge in [0.2, 0.25) is 0 Å². The van der Waals surface area contributed by atoms with Crippen molar-refractivity contribution < 1.29 is 9.53 Å². The molecule has 0 aliphatic heterocycles. The average molecular weight is 270 g/mol. The molecular weight excluding hydrogens is 254 g/mol. The van der Waals surface area contributed by atoms with Gasteiger partial charge >= 0.3 is 0 Å². The number of nitrogens with two attached hydrogens (primary N) is 1. The Morgan fingerprint density at radius 2 is 2.39 bits per heavy atom. The molecule has 1 rings (SSSR count). The van der Waals surface area contributed by atoms with E-state index in [9.17, 15) is 4.79 Å². The van der Waals surface area contributed by atoms with Crippen molar-refractivity contribution in [2.75, 3.05) is 25.5 Å². The Bertz CT molecular complexity index is 424. The molecule has 18 heavy (non-hydrogen) atoms. The Labute approximate surface area is 111 Å². The van der Waals surface area contributed by atoms with Crippen molar-refractivity contribution in [2.45, 2.75) is 6.42 Å². The number of hydrogen-bond donors (Lipinski definition) is 2. The third-order valence-corrected chi connectivity index (χ3v) is 2.40. The minimum atomic E-state index is -0.313. The smallest absolute Gasteiger partial charge is 0.254 e. The second kappa shape index (κ2) is 7.68. The van der Waals surface area contributed by atoms with Gasteiger partial charge in [-0.25, -0.2) is 4.98 Å². The van der Waals surface area contributed by atoms with Gasteiger partial charge in [0, 0.05) is 6.54 Å². The Kier molecular flexibility index (Phi) is 6.18. The van der Waals surface area contributed by atoms with E-state index >= 15 is 0 Å². The van der Waals surface area contributed by atoms with Gasteiger partial charge in [-0.3, -0.25) is 4.79 Å². The van der Waals surface area contributed by atoms with Crippen molar-refractivity contribution in [2.24, 2.45) is 0 Å². The minimum absolute atomic E-state index is 0.134. The number of nitrogens with zero attached hydrogens (tertiary/aromatic N) is 1. The fraction of sp³-hybridized carbons (Fsp3) is 0.333. The first kappa shape index (κ1) is 14.5. The van der Waals surface area contributed by atoms with Crippen molar-refractivity contribution in [3.63, 3.8) is 0 Å². The summed E-state index contributed by atoms with van der Waals surface area (Å²) < 4.78 is 5.26. The van der Waals surface area contributed by atoms with Crippen molar-refractivity contribution in [3.05, 3.63) is 35.6 Å². The zero-order valence-electron chi connectivity index (χ0n) is 9.99. The lowest BCUT2D eigenvalue weighted by Gasteiger charge is -2.07. The van der Waals surface area contributed by atoms with Gasteiger partial charge in [0.15, 0.2) is 0 Å². The fourth-order valence-corrected chi connectivity index (χ4v) is 1.41. The van der Waals surface area contributed by atoms with Crippen LogP contribution in [0.3, 0.4) is 0 Å². The molecule has 0 spiro atoms. The van der Waals surface area contributed by atoms with Crippen molar-refractivity contribution in [1.29, 1.82) is 0 Å². The number of ether oxygens (including phenoxy) is 1. The summed E-state index contributed by atoms with van der Waals surface area (Å²) in [6.07, 6.45) is 3.97. The van der Waals surface area contributed by atoms with Gasteiger partial charge in [0.25, 0.3) is 5.91 Å². The summed E-state index contributed by atoms with van der Waals surface area (Å²) in [6, 6.07) is 1.49. The molecule has 0 fully saturated rings. The van der Waals surface area contributed by atoms with Crippen LogP contribution in [0.1, 0.15) is 16.8 Å². The number of carbonyl (C=O) groups excluding carboxylic acids is 1. The van der Waals surface area contributed by atoms with Crippen LogP contribution in [0.25, 0.3) is 0 Å². The second-order valence-corrected chi connectivity index (χ2v) is 3.91.